The van der Waals surface area contributed by atoms with Crippen molar-refractivity contribution < 1.29 is 0 Å². The van der Waals surface area contributed by atoms with E-state index in [9.17, 15) is 0 Å². The minimum atomic E-state index is -0.814. The number of hydrogen-bond acceptors (Lipinski definition) is 1. The summed E-state index contributed by atoms with van der Waals surface area (Å²) in [7, 11) is 3.08. The molecule has 1 rings (SSSR count). The Hall–Kier alpha value is 0.394. The Morgan fingerprint density at radius 2 is 1.40 bits per heavy atom. The van der Waals surface area contributed by atoms with Gasteiger partial charge in [-0.1, -0.05) is 19.6 Å². The first kappa shape index (κ1) is 8.49. The summed E-state index contributed by atoms with van der Waals surface area (Å²) in [5.74, 6) is 0. The molecule has 0 aromatic heterocycles. The predicted octanol–water partition coefficient (Wildman–Crippen LogP) is 1.92. The van der Waals surface area contributed by atoms with Crippen molar-refractivity contribution in [3.63, 3.8) is 0 Å². The van der Waals surface area contributed by atoms with Gasteiger partial charge in [0.25, 0.3) is 0 Å². The van der Waals surface area contributed by atoms with Gasteiger partial charge in [0, 0.05) is 8.07 Å². The van der Waals surface area contributed by atoms with E-state index < -0.39 is 16.3 Å². The highest BCUT2D eigenvalue weighted by Crippen LogP contribution is 2.40. The third kappa shape index (κ3) is 1.36. The van der Waals surface area contributed by atoms with Crippen LogP contribution in [0.5, 0.6) is 0 Å². The lowest BCUT2D eigenvalue weighted by Crippen LogP contribution is -2.65. The van der Waals surface area contributed by atoms with Gasteiger partial charge in [-0.2, -0.15) is 0 Å². The van der Waals surface area contributed by atoms with Crippen molar-refractivity contribution in [2.24, 2.45) is 0 Å². The molecule has 1 saturated heterocycles. The van der Waals surface area contributed by atoms with E-state index >= 15 is 0 Å². The van der Waals surface area contributed by atoms with Crippen LogP contribution >= 0.6 is 0 Å². The van der Waals surface area contributed by atoms with Crippen molar-refractivity contribution in [2.45, 2.75) is 31.0 Å². The zero-order chi connectivity index (χ0) is 7.99. The van der Waals surface area contributed by atoms with E-state index in [1.54, 1.807) is 11.3 Å². The summed E-state index contributed by atoms with van der Waals surface area (Å²) in [4.78, 5) is 0. The van der Waals surface area contributed by atoms with Crippen molar-refractivity contribution in [1.29, 1.82) is 0 Å². The Kier molecular flexibility index (Phi) is 1.86. The highest BCUT2D eigenvalue weighted by atomic mass is 28.5. The number of nitrogens with zero attached hydrogens (tertiary/aromatic N) is 1. The lowest BCUT2D eigenvalue weighted by molar-refractivity contribution is 0.613. The number of hydrogen-bond donors (Lipinski definition) is 0. The second-order valence-corrected chi connectivity index (χ2v) is 16.0. The number of rotatable bonds is 1. The molecule has 0 spiro atoms. The maximum absolute atomic E-state index is 2.52. The van der Waals surface area contributed by atoms with Crippen LogP contribution in [0, 0.1) is 0 Å². The molecule has 0 aliphatic carbocycles. The van der Waals surface area contributed by atoms with Gasteiger partial charge in [0.05, 0.1) is 0 Å². The summed E-state index contributed by atoms with van der Waals surface area (Å²) in [5.41, 5.74) is 3.24. The van der Waals surface area contributed by atoms with Crippen LogP contribution in [0.1, 0.15) is 0 Å². The Balaban J connectivity index is 2.50. The molecule has 0 atom stereocenters. The second-order valence-electron chi connectivity index (χ2n) is 4.91. The van der Waals surface area contributed by atoms with E-state index in [-0.39, 0.29) is 0 Å². The van der Waals surface area contributed by atoms with Gasteiger partial charge in [-0.25, -0.2) is 0 Å². The molecule has 1 aliphatic rings. The second kappa shape index (κ2) is 2.19. The fraction of sp³-hybridized carbons (Fsp3) is 1.00. The SMILES string of the molecule is CN(C)[Si]1(C)C[Si](C)(C)C1. The fourth-order valence-electron chi connectivity index (χ4n) is 2.33. The van der Waals surface area contributed by atoms with Crippen LogP contribution in [0.25, 0.3) is 0 Å². The van der Waals surface area contributed by atoms with E-state index in [4.69, 9.17) is 0 Å². The summed E-state index contributed by atoms with van der Waals surface area (Å²) in [6.07, 6.45) is 0. The lowest BCUT2D eigenvalue weighted by atomic mass is 11.3. The highest BCUT2D eigenvalue weighted by Gasteiger charge is 2.50. The molecular weight excluding hydrogens is 154 g/mol. The van der Waals surface area contributed by atoms with Crippen LogP contribution in [0.15, 0.2) is 0 Å². The molecule has 1 aliphatic heterocycles. The fourth-order valence-corrected chi connectivity index (χ4v) is 20.9. The normalized spacial score (nSPS) is 28.2. The van der Waals surface area contributed by atoms with Crippen molar-refractivity contribution in [3.05, 3.63) is 0 Å². The molecule has 0 aromatic rings. The van der Waals surface area contributed by atoms with E-state index in [1.165, 1.54) is 0 Å². The maximum Gasteiger partial charge on any atom is 0.119 e. The Bertz CT molecular complexity index is 135. The van der Waals surface area contributed by atoms with Crippen LogP contribution in [-0.4, -0.2) is 35.0 Å². The zero-order valence-corrected chi connectivity index (χ0v) is 9.86. The third-order valence-corrected chi connectivity index (χ3v) is 18.7. The van der Waals surface area contributed by atoms with Crippen molar-refractivity contribution in [1.82, 2.24) is 4.57 Å². The van der Waals surface area contributed by atoms with Crippen molar-refractivity contribution in [2.75, 3.05) is 14.1 Å². The molecule has 1 nitrogen and oxygen atoms in total. The molecule has 1 heterocycles. The molecule has 60 valence electrons. The summed E-state index contributed by atoms with van der Waals surface area (Å²) < 4.78 is 2.52. The summed E-state index contributed by atoms with van der Waals surface area (Å²) in [6, 6.07) is 0. The summed E-state index contributed by atoms with van der Waals surface area (Å²) >= 11 is 0. The predicted molar refractivity (Wildman–Crippen MR) is 52.4 cm³/mol. The van der Waals surface area contributed by atoms with Gasteiger partial charge in [0.1, 0.15) is 8.24 Å². The molecule has 0 N–H and O–H groups in total. The molecule has 0 bridgehead atoms. The van der Waals surface area contributed by atoms with E-state index in [1.807, 2.05) is 0 Å². The van der Waals surface area contributed by atoms with Crippen LogP contribution in [0.3, 0.4) is 0 Å². The minimum Gasteiger partial charge on any atom is -0.329 e. The Morgan fingerprint density at radius 1 is 1.00 bits per heavy atom. The van der Waals surface area contributed by atoms with Gasteiger partial charge in [0.2, 0.25) is 0 Å². The molecule has 10 heavy (non-hydrogen) atoms. The topological polar surface area (TPSA) is 3.24 Å². The van der Waals surface area contributed by atoms with Crippen LogP contribution in [0.2, 0.25) is 31.0 Å². The van der Waals surface area contributed by atoms with Gasteiger partial charge >= 0.3 is 0 Å². The lowest BCUT2D eigenvalue weighted by Gasteiger charge is -2.52. The minimum absolute atomic E-state index is 0.629. The quantitative estimate of drug-likeness (QED) is 0.548. The van der Waals surface area contributed by atoms with E-state index in [0.717, 1.165) is 0 Å². The molecular formula is C7H19NSi2. The first-order valence-corrected chi connectivity index (χ1v) is 10.3. The monoisotopic (exact) mass is 173 g/mol. The first-order valence-electron chi connectivity index (χ1n) is 4.03. The molecule has 0 radical (unpaired) electrons. The molecule has 0 aromatic carbocycles. The van der Waals surface area contributed by atoms with Crippen molar-refractivity contribution >= 4 is 16.3 Å². The van der Waals surface area contributed by atoms with E-state index in [2.05, 4.69) is 38.3 Å². The summed E-state index contributed by atoms with van der Waals surface area (Å²) in [5, 5.41) is 0. The molecule has 0 unspecified atom stereocenters. The van der Waals surface area contributed by atoms with Gasteiger partial charge in [-0.15, -0.1) is 0 Å². The summed E-state index contributed by atoms with van der Waals surface area (Å²) in [6.45, 7) is 7.56. The average molecular weight is 173 g/mol. The Labute approximate surface area is 66.5 Å². The van der Waals surface area contributed by atoms with Crippen LogP contribution in [0.4, 0.5) is 0 Å². The standard InChI is InChI=1S/C7H19NSi2/c1-8(2)10(5)6-9(3,4)7-10/h6-7H2,1-5H3. The maximum atomic E-state index is 2.52. The third-order valence-electron chi connectivity index (χ3n) is 2.80. The highest BCUT2D eigenvalue weighted by molar-refractivity contribution is 7.11. The van der Waals surface area contributed by atoms with E-state index in [0.29, 0.717) is 0 Å². The van der Waals surface area contributed by atoms with Gasteiger partial charge in [-0.3, -0.25) is 0 Å². The van der Waals surface area contributed by atoms with Crippen LogP contribution in [-0.2, 0) is 0 Å². The van der Waals surface area contributed by atoms with Crippen LogP contribution < -0.4 is 0 Å². The smallest absolute Gasteiger partial charge is 0.119 e. The zero-order valence-electron chi connectivity index (χ0n) is 7.86. The van der Waals surface area contributed by atoms with Gasteiger partial charge in [-0.05, 0) is 25.4 Å². The molecule has 0 amide bonds. The Morgan fingerprint density at radius 3 is 1.50 bits per heavy atom. The van der Waals surface area contributed by atoms with Gasteiger partial charge < -0.3 is 4.57 Å². The molecule has 3 heteroatoms. The van der Waals surface area contributed by atoms with Gasteiger partial charge in [0.15, 0.2) is 0 Å². The van der Waals surface area contributed by atoms with Crippen molar-refractivity contribution in [3.8, 4) is 0 Å². The molecule has 0 saturated carbocycles. The first-order chi connectivity index (χ1) is 4.36. The largest absolute Gasteiger partial charge is 0.329 e. The molecule has 1 fully saturated rings. The average Bonchev–Trinajstić information content (AvgIpc) is 1.59.